The highest BCUT2D eigenvalue weighted by Gasteiger charge is 2.27. The van der Waals surface area contributed by atoms with Gasteiger partial charge in [0, 0.05) is 18.4 Å². The molecule has 2 nitrogen and oxygen atoms in total. The van der Waals surface area contributed by atoms with Crippen LogP contribution in [-0.2, 0) is 0 Å². The van der Waals surface area contributed by atoms with Crippen molar-refractivity contribution in [3.8, 4) is 0 Å². The SMILES string of the molecule is CCCNC(C1CCCCCC1)C(C)c1ccncc1. The second-order valence-electron chi connectivity index (χ2n) is 6.30. The van der Waals surface area contributed by atoms with Gasteiger partial charge in [-0.3, -0.25) is 4.98 Å². The fourth-order valence-corrected chi connectivity index (χ4v) is 3.61. The highest BCUT2D eigenvalue weighted by Crippen LogP contribution is 2.32. The third-order valence-corrected chi connectivity index (χ3v) is 4.81. The van der Waals surface area contributed by atoms with Gasteiger partial charge in [-0.2, -0.15) is 0 Å². The van der Waals surface area contributed by atoms with Crippen molar-refractivity contribution in [3.63, 3.8) is 0 Å². The molecule has 1 aromatic heterocycles. The van der Waals surface area contributed by atoms with Gasteiger partial charge in [-0.15, -0.1) is 0 Å². The van der Waals surface area contributed by atoms with Crippen LogP contribution in [0.4, 0.5) is 0 Å². The maximum atomic E-state index is 4.16. The Morgan fingerprint density at radius 1 is 1.15 bits per heavy atom. The van der Waals surface area contributed by atoms with Crippen molar-refractivity contribution >= 4 is 0 Å². The van der Waals surface area contributed by atoms with Crippen LogP contribution in [0.5, 0.6) is 0 Å². The number of rotatable bonds is 6. The summed E-state index contributed by atoms with van der Waals surface area (Å²) in [4.78, 5) is 4.16. The first-order chi connectivity index (χ1) is 9.83. The number of pyridine rings is 1. The van der Waals surface area contributed by atoms with E-state index in [0.717, 1.165) is 12.5 Å². The lowest BCUT2D eigenvalue weighted by molar-refractivity contribution is 0.287. The van der Waals surface area contributed by atoms with Crippen LogP contribution in [0.3, 0.4) is 0 Å². The summed E-state index contributed by atoms with van der Waals surface area (Å²) in [5.74, 6) is 1.42. The lowest BCUT2D eigenvalue weighted by atomic mass is 9.81. The summed E-state index contributed by atoms with van der Waals surface area (Å²) >= 11 is 0. The monoisotopic (exact) mass is 274 g/mol. The second kappa shape index (κ2) is 8.41. The summed E-state index contributed by atoms with van der Waals surface area (Å²) < 4.78 is 0. The summed E-state index contributed by atoms with van der Waals surface area (Å²) in [6.45, 7) is 5.78. The Bertz CT molecular complexity index is 355. The number of nitrogens with one attached hydrogen (secondary N) is 1. The van der Waals surface area contributed by atoms with Gasteiger partial charge in [-0.25, -0.2) is 0 Å². The molecule has 0 aliphatic heterocycles. The fourth-order valence-electron chi connectivity index (χ4n) is 3.61. The van der Waals surface area contributed by atoms with Crippen LogP contribution in [0.25, 0.3) is 0 Å². The lowest BCUT2D eigenvalue weighted by Gasteiger charge is -2.33. The molecule has 1 aromatic rings. The molecule has 1 heterocycles. The Labute approximate surface area is 124 Å². The Morgan fingerprint density at radius 2 is 1.80 bits per heavy atom. The zero-order valence-corrected chi connectivity index (χ0v) is 13.1. The van der Waals surface area contributed by atoms with Crippen LogP contribution in [0.1, 0.15) is 70.3 Å². The van der Waals surface area contributed by atoms with Crippen LogP contribution in [-0.4, -0.2) is 17.6 Å². The van der Waals surface area contributed by atoms with Crippen LogP contribution in [0.15, 0.2) is 24.5 Å². The molecule has 1 N–H and O–H groups in total. The standard InChI is InChI=1S/C18H30N2/c1-3-12-20-18(17-8-6-4-5-7-9-17)15(2)16-10-13-19-14-11-16/h10-11,13-15,17-18,20H,3-9,12H2,1-2H3. The molecule has 0 spiro atoms. The summed E-state index contributed by atoms with van der Waals surface area (Å²) in [5.41, 5.74) is 1.43. The van der Waals surface area contributed by atoms with Gasteiger partial charge in [-0.05, 0) is 55.3 Å². The summed E-state index contributed by atoms with van der Waals surface area (Å²) in [7, 11) is 0. The molecule has 0 bridgehead atoms. The van der Waals surface area contributed by atoms with Gasteiger partial charge in [0.15, 0.2) is 0 Å². The first kappa shape index (κ1) is 15.5. The molecule has 2 heteroatoms. The average molecular weight is 274 g/mol. The first-order valence-electron chi connectivity index (χ1n) is 8.46. The minimum atomic E-state index is 0.577. The highest BCUT2D eigenvalue weighted by molar-refractivity contribution is 5.17. The van der Waals surface area contributed by atoms with E-state index in [9.17, 15) is 0 Å². The molecule has 2 atom stereocenters. The van der Waals surface area contributed by atoms with Gasteiger partial charge < -0.3 is 5.32 Å². The third kappa shape index (κ3) is 4.31. The highest BCUT2D eigenvalue weighted by atomic mass is 14.9. The van der Waals surface area contributed by atoms with Crippen molar-refractivity contribution in [2.75, 3.05) is 6.54 Å². The van der Waals surface area contributed by atoms with E-state index in [1.165, 1.54) is 50.5 Å². The number of aromatic nitrogens is 1. The Morgan fingerprint density at radius 3 is 2.40 bits per heavy atom. The Kier molecular flexibility index (Phi) is 6.52. The second-order valence-corrected chi connectivity index (χ2v) is 6.30. The predicted octanol–water partition coefficient (Wildman–Crippen LogP) is 4.52. The number of hydrogen-bond donors (Lipinski definition) is 1. The molecule has 1 aliphatic carbocycles. The van der Waals surface area contributed by atoms with Crippen molar-refractivity contribution < 1.29 is 0 Å². The maximum Gasteiger partial charge on any atom is 0.0270 e. The predicted molar refractivity (Wildman–Crippen MR) is 85.9 cm³/mol. The smallest absolute Gasteiger partial charge is 0.0270 e. The molecule has 0 amide bonds. The van der Waals surface area contributed by atoms with E-state index in [1.807, 2.05) is 12.4 Å². The van der Waals surface area contributed by atoms with Crippen LogP contribution < -0.4 is 5.32 Å². The van der Waals surface area contributed by atoms with Crippen LogP contribution in [0.2, 0.25) is 0 Å². The number of hydrogen-bond acceptors (Lipinski definition) is 2. The average Bonchev–Trinajstić information content (AvgIpc) is 2.77. The number of nitrogens with zero attached hydrogens (tertiary/aromatic N) is 1. The first-order valence-corrected chi connectivity index (χ1v) is 8.46. The van der Waals surface area contributed by atoms with Crippen molar-refractivity contribution in [3.05, 3.63) is 30.1 Å². The quantitative estimate of drug-likeness (QED) is 0.771. The molecule has 2 unspecified atom stereocenters. The molecule has 1 fully saturated rings. The summed E-state index contributed by atoms with van der Waals surface area (Å²) in [5, 5.41) is 3.84. The van der Waals surface area contributed by atoms with Gasteiger partial charge >= 0.3 is 0 Å². The largest absolute Gasteiger partial charge is 0.313 e. The van der Waals surface area contributed by atoms with Crippen LogP contribution >= 0.6 is 0 Å². The van der Waals surface area contributed by atoms with E-state index < -0.39 is 0 Å². The molecule has 0 aromatic carbocycles. The molecular weight excluding hydrogens is 244 g/mol. The Balaban J connectivity index is 2.08. The third-order valence-electron chi connectivity index (χ3n) is 4.81. The molecule has 20 heavy (non-hydrogen) atoms. The summed E-state index contributed by atoms with van der Waals surface area (Å²) in [6, 6.07) is 4.99. The molecule has 1 aliphatic rings. The van der Waals surface area contributed by atoms with Crippen molar-refractivity contribution in [1.29, 1.82) is 0 Å². The molecule has 112 valence electrons. The lowest BCUT2D eigenvalue weighted by Crippen LogP contribution is -2.40. The maximum absolute atomic E-state index is 4.16. The van der Waals surface area contributed by atoms with Gasteiger partial charge in [0.25, 0.3) is 0 Å². The molecule has 1 saturated carbocycles. The van der Waals surface area contributed by atoms with Gasteiger partial charge in [-0.1, -0.05) is 39.5 Å². The fraction of sp³-hybridized carbons (Fsp3) is 0.722. The van der Waals surface area contributed by atoms with Crippen molar-refractivity contribution in [1.82, 2.24) is 10.3 Å². The van der Waals surface area contributed by atoms with Crippen LogP contribution in [0, 0.1) is 5.92 Å². The molecule has 0 radical (unpaired) electrons. The molecular formula is C18H30N2. The van der Waals surface area contributed by atoms with Crippen molar-refractivity contribution in [2.45, 2.75) is 70.8 Å². The zero-order chi connectivity index (χ0) is 14.2. The van der Waals surface area contributed by atoms with Gasteiger partial charge in [0.1, 0.15) is 0 Å². The van der Waals surface area contributed by atoms with E-state index in [1.54, 1.807) is 0 Å². The normalized spacial score (nSPS) is 20.3. The zero-order valence-electron chi connectivity index (χ0n) is 13.1. The van der Waals surface area contributed by atoms with E-state index >= 15 is 0 Å². The Hall–Kier alpha value is -0.890. The van der Waals surface area contributed by atoms with Gasteiger partial charge in [0.05, 0.1) is 0 Å². The minimum Gasteiger partial charge on any atom is -0.313 e. The van der Waals surface area contributed by atoms with E-state index in [0.29, 0.717) is 12.0 Å². The molecule has 2 rings (SSSR count). The van der Waals surface area contributed by atoms with E-state index in [2.05, 4.69) is 36.3 Å². The van der Waals surface area contributed by atoms with Crippen molar-refractivity contribution in [2.24, 2.45) is 5.92 Å². The summed E-state index contributed by atoms with van der Waals surface area (Å²) in [6.07, 6.45) is 13.6. The topological polar surface area (TPSA) is 24.9 Å². The minimum absolute atomic E-state index is 0.577. The van der Waals surface area contributed by atoms with E-state index in [4.69, 9.17) is 0 Å². The van der Waals surface area contributed by atoms with Gasteiger partial charge in [0.2, 0.25) is 0 Å². The van der Waals surface area contributed by atoms with E-state index in [-0.39, 0.29) is 0 Å². The molecule has 0 saturated heterocycles.